The van der Waals surface area contributed by atoms with E-state index in [0.29, 0.717) is 5.88 Å². The summed E-state index contributed by atoms with van der Waals surface area (Å²) in [5, 5.41) is 0. The van der Waals surface area contributed by atoms with Gasteiger partial charge in [-0.15, -0.1) is 11.6 Å². The molecule has 0 N–H and O–H groups in total. The standard InChI is InChI=1S/C8H19ClO2Si/c1-4-5-7-12(10-2,11-3)8-6-9/h4-8H2,1-3H3. The van der Waals surface area contributed by atoms with E-state index in [-0.39, 0.29) is 0 Å². The molecule has 0 unspecified atom stereocenters. The van der Waals surface area contributed by atoms with Crippen LogP contribution in [-0.4, -0.2) is 28.7 Å². The highest BCUT2D eigenvalue weighted by Gasteiger charge is 2.33. The molecule has 12 heavy (non-hydrogen) atoms. The minimum atomic E-state index is -1.90. The van der Waals surface area contributed by atoms with Crippen LogP contribution < -0.4 is 0 Å². The Morgan fingerprint density at radius 2 is 1.75 bits per heavy atom. The molecule has 0 bridgehead atoms. The van der Waals surface area contributed by atoms with Crippen LogP contribution in [0.15, 0.2) is 0 Å². The third-order valence-electron chi connectivity index (χ3n) is 2.13. The van der Waals surface area contributed by atoms with Crippen LogP contribution in [0.3, 0.4) is 0 Å². The average Bonchev–Trinajstić information content (AvgIpc) is 2.13. The predicted octanol–water partition coefficient (Wildman–Crippen LogP) is 2.76. The summed E-state index contributed by atoms with van der Waals surface area (Å²) in [7, 11) is 1.57. The molecule has 0 atom stereocenters. The first-order chi connectivity index (χ1) is 5.74. The first kappa shape index (κ1) is 12.4. The lowest BCUT2D eigenvalue weighted by atomic mass is 10.4. The fraction of sp³-hybridized carbons (Fsp3) is 1.00. The van der Waals surface area contributed by atoms with Crippen molar-refractivity contribution in [2.75, 3.05) is 20.1 Å². The zero-order valence-electron chi connectivity index (χ0n) is 8.23. The van der Waals surface area contributed by atoms with Crippen LogP contribution in [0, 0.1) is 0 Å². The van der Waals surface area contributed by atoms with Gasteiger partial charge in [0.15, 0.2) is 0 Å². The minimum Gasteiger partial charge on any atom is -0.398 e. The molecule has 0 saturated heterocycles. The van der Waals surface area contributed by atoms with E-state index in [1.165, 1.54) is 12.8 Å². The zero-order valence-corrected chi connectivity index (χ0v) is 9.99. The largest absolute Gasteiger partial charge is 0.398 e. The number of hydrogen-bond donors (Lipinski definition) is 0. The van der Waals surface area contributed by atoms with Gasteiger partial charge in [0, 0.05) is 26.1 Å². The molecule has 0 amide bonds. The van der Waals surface area contributed by atoms with E-state index >= 15 is 0 Å². The summed E-state index contributed by atoms with van der Waals surface area (Å²) in [4.78, 5) is 0. The second-order valence-electron chi connectivity index (χ2n) is 2.86. The maximum Gasteiger partial charge on any atom is 0.338 e. The van der Waals surface area contributed by atoms with Crippen LogP contribution in [0.5, 0.6) is 0 Å². The Labute approximate surface area is 81.5 Å². The van der Waals surface area contributed by atoms with E-state index in [4.69, 9.17) is 20.5 Å². The van der Waals surface area contributed by atoms with Gasteiger partial charge in [-0.25, -0.2) is 0 Å². The molecule has 0 heterocycles. The molecule has 0 aromatic heterocycles. The fourth-order valence-electron chi connectivity index (χ4n) is 1.21. The van der Waals surface area contributed by atoms with Crippen molar-refractivity contribution in [1.29, 1.82) is 0 Å². The molecule has 0 aromatic rings. The maximum atomic E-state index is 5.70. The molecule has 0 aliphatic carbocycles. The lowest BCUT2D eigenvalue weighted by Gasteiger charge is -2.26. The van der Waals surface area contributed by atoms with Crippen LogP contribution in [0.4, 0.5) is 0 Å². The first-order valence-electron chi connectivity index (χ1n) is 4.41. The molecule has 2 nitrogen and oxygen atoms in total. The van der Waals surface area contributed by atoms with Gasteiger partial charge < -0.3 is 8.85 Å². The van der Waals surface area contributed by atoms with Crippen molar-refractivity contribution in [2.45, 2.75) is 31.9 Å². The molecule has 0 aliphatic rings. The first-order valence-corrected chi connectivity index (χ1v) is 7.17. The van der Waals surface area contributed by atoms with Gasteiger partial charge >= 0.3 is 8.56 Å². The van der Waals surface area contributed by atoms with Gasteiger partial charge in [-0.1, -0.05) is 19.8 Å². The number of alkyl halides is 1. The number of halogens is 1. The second kappa shape index (κ2) is 6.89. The molecule has 0 saturated carbocycles. The highest BCUT2D eigenvalue weighted by Crippen LogP contribution is 2.20. The molecular weight excluding hydrogens is 192 g/mol. The zero-order chi connectivity index (χ0) is 9.45. The normalized spacial score (nSPS) is 12.0. The Hall–Kier alpha value is 0.427. The highest BCUT2D eigenvalue weighted by atomic mass is 35.5. The smallest absolute Gasteiger partial charge is 0.338 e. The third kappa shape index (κ3) is 3.89. The van der Waals surface area contributed by atoms with Gasteiger partial charge in [0.25, 0.3) is 0 Å². The summed E-state index contributed by atoms with van der Waals surface area (Å²) < 4.78 is 10.9. The number of rotatable bonds is 7. The van der Waals surface area contributed by atoms with Crippen LogP contribution in [0.1, 0.15) is 19.8 Å². The monoisotopic (exact) mass is 210 g/mol. The Bertz CT molecular complexity index is 107. The SMILES string of the molecule is CCCC[Si](CCCl)(OC)OC. The van der Waals surface area contributed by atoms with E-state index in [9.17, 15) is 0 Å². The average molecular weight is 211 g/mol. The summed E-state index contributed by atoms with van der Waals surface area (Å²) >= 11 is 5.70. The summed E-state index contributed by atoms with van der Waals surface area (Å²) in [6.45, 7) is 2.17. The number of hydrogen-bond acceptors (Lipinski definition) is 2. The molecular formula is C8H19ClO2Si. The quantitative estimate of drug-likeness (QED) is 0.475. The summed E-state index contributed by atoms with van der Waals surface area (Å²) in [5.41, 5.74) is 0. The summed E-state index contributed by atoms with van der Waals surface area (Å²) in [6.07, 6.45) is 2.36. The van der Waals surface area contributed by atoms with Gasteiger partial charge in [0.2, 0.25) is 0 Å². The van der Waals surface area contributed by atoms with E-state index in [1.54, 1.807) is 14.2 Å². The Balaban J connectivity index is 3.95. The van der Waals surface area contributed by atoms with Crippen LogP contribution >= 0.6 is 11.6 Å². The topological polar surface area (TPSA) is 18.5 Å². The molecule has 0 radical (unpaired) electrons. The fourth-order valence-corrected chi connectivity index (χ4v) is 4.48. The molecule has 4 heteroatoms. The van der Waals surface area contributed by atoms with Crippen molar-refractivity contribution >= 4 is 20.2 Å². The molecule has 0 aliphatic heterocycles. The van der Waals surface area contributed by atoms with E-state index in [1.807, 2.05) is 0 Å². The van der Waals surface area contributed by atoms with Gasteiger partial charge in [-0.2, -0.15) is 0 Å². The van der Waals surface area contributed by atoms with Crippen molar-refractivity contribution in [3.8, 4) is 0 Å². The molecule has 0 rings (SSSR count). The van der Waals surface area contributed by atoms with Crippen LogP contribution in [0.25, 0.3) is 0 Å². The van der Waals surface area contributed by atoms with Crippen molar-refractivity contribution in [1.82, 2.24) is 0 Å². The van der Waals surface area contributed by atoms with Crippen molar-refractivity contribution in [3.05, 3.63) is 0 Å². The van der Waals surface area contributed by atoms with Gasteiger partial charge in [0.1, 0.15) is 0 Å². The Morgan fingerprint density at radius 3 is 2.08 bits per heavy atom. The molecule has 74 valence electrons. The maximum absolute atomic E-state index is 5.70. The van der Waals surface area contributed by atoms with Crippen molar-refractivity contribution in [3.63, 3.8) is 0 Å². The van der Waals surface area contributed by atoms with Gasteiger partial charge in [-0.3, -0.25) is 0 Å². The van der Waals surface area contributed by atoms with E-state index in [2.05, 4.69) is 6.92 Å². The predicted molar refractivity (Wildman–Crippen MR) is 55.0 cm³/mol. The van der Waals surface area contributed by atoms with E-state index in [0.717, 1.165) is 12.1 Å². The van der Waals surface area contributed by atoms with Crippen molar-refractivity contribution in [2.24, 2.45) is 0 Å². The number of unbranched alkanes of at least 4 members (excludes halogenated alkanes) is 1. The second-order valence-corrected chi connectivity index (χ2v) is 6.88. The lowest BCUT2D eigenvalue weighted by Crippen LogP contribution is -2.40. The highest BCUT2D eigenvalue weighted by molar-refractivity contribution is 6.68. The summed E-state index contributed by atoms with van der Waals surface area (Å²) in [5.74, 6) is 0.637. The van der Waals surface area contributed by atoms with Crippen LogP contribution in [-0.2, 0) is 8.85 Å². The minimum absolute atomic E-state index is 0.637. The van der Waals surface area contributed by atoms with Gasteiger partial charge in [0.05, 0.1) is 0 Å². The van der Waals surface area contributed by atoms with Gasteiger partial charge in [-0.05, 0) is 6.04 Å². The lowest BCUT2D eigenvalue weighted by molar-refractivity contribution is 0.242. The molecule has 0 fully saturated rings. The Kier molecular flexibility index (Phi) is 7.14. The van der Waals surface area contributed by atoms with E-state index < -0.39 is 8.56 Å². The summed E-state index contributed by atoms with van der Waals surface area (Å²) in [6, 6.07) is 1.95. The molecule has 0 aromatic carbocycles. The molecule has 0 spiro atoms. The Morgan fingerprint density at radius 1 is 1.17 bits per heavy atom. The third-order valence-corrected chi connectivity index (χ3v) is 6.25. The van der Waals surface area contributed by atoms with Crippen molar-refractivity contribution < 1.29 is 8.85 Å². The van der Waals surface area contributed by atoms with Crippen LogP contribution in [0.2, 0.25) is 12.1 Å².